The molecule has 0 spiro atoms. The number of benzene rings is 1. The Balaban J connectivity index is 1.72. The zero-order valence-electron chi connectivity index (χ0n) is 20.5. The Morgan fingerprint density at radius 1 is 1.12 bits per heavy atom. The van der Waals surface area contributed by atoms with E-state index in [4.69, 9.17) is 17.3 Å². The number of rotatable bonds is 10. The normalized spacial score (nSPS) is 19.4. The fourth-order valence-corrected chi connectivity index (χ4v) is 5.31. The second kappa shape index (κ2) is 12.5. The largest absolute Gasteiger partial charge is 0.344 e. The average Bonchev–Trinajstić information content (AvgIpc) is 3.47. The summed E-state index contributed by atoms with van der Waals surface area (Å²) in [5, 5.41) is 3.51. The predicted octanol–water partition coefficient (Wildman–Crippen LogP) is 3.13. The van der Waals surface area contributed by atoms with Gasteiger partial charge in [0.1, 0.15) is 6.04 Å². The molecule has 0 aromatic heterocycles. The highest BCUT2D eigenvalue weighted by molar-refractivity contribution is 6.30. The molecular formula is C26H39ClN4O3. The molecular weight excluding hydrogens is 452 g/mol. The molecule has 188 valence electrons. The Morgan fingerprint density at radius 3 is 2.41 bits per heavy atom. The van der Waals surface area contributed by atoms with Crippen molar-refractivity contribution in [3.8, 4) is 0 Å². The van der Waals surface area contributed by atoms with Crippen LogP contribution in [-0.2, 0) is 20.8 Å². The zero-order valence-corrected chi connectivity index (χ0v) is 21.2. The molecule has 2 unspecified atom stereocenters. The Bertz CT molecular complexity index is 839. The van der Waals surface area contributed by atoms with Gasteiger partial charge in [-0.15, -0.1) is 0 Å². The summed E-state index contributed by atoms with van der Waals surface area (Å²) in [6.45, 7) is 5.48. The number of hydrogen-bond donors (Lipinski definition) is 2. The van der Waals surface area contributed by atoms with Gasteiger partial charge in [0, 0.05) is 50.0 Å². The molecule has 1 aliphatic carbocycles. The summed E-state index contributed by atoms with van der Waals surface area (Å²) in [4.78, 5) is 42.9. The first-order valence-corrected chi connectivity index (χ1v) is 13.0. The molecule has 1 aromatic carbocycles. The maximum Gasteiger partial charge on any atom is 0.245 e. The topological polar surface area (TPSA) is 95.7 Å². The lowest BCUT2D eigenvalue weighted by molar-refractivity contribution is -0.139. The van der Waals surface area contributed by atoms with Crippen LogP contribution in [0, 0.1) is 5.92 Å². The van der Waals surface area contributed by atoms with E-state index < -0.39 is 6.04 Å². The average molecular weight is 491 g/mol. The van der Waals surface area contributed by atoms with Crippen LogP contribution < -0.4 is 11.1 Å². The van der Waals surface area contributed by atoms with Crippen LogP contribution in [0.3, 0.4) is 0 Å². The minimum atomic E-state index is -0.676. The molecule has 1 aromatic rings. The lowest BCUT2D eigenvalue weighted by atomic mass is 10.0. The zero-order chi connectivity index (χ0) is 24.7. The van der Waals surface area contributed by atoms with Gasteiger partial charge in [0.05, 0.1) is 6.04 Å². The minimum Gasteiger partial charge on any atom is -0.344 e. The fourth-order valence-electron chi connectivity index (χ4n) is 5.19. The molecule has 1 heterocycles. The molecule has 1 saturated carbocycles. The second-order valence-electron chi connectivity index (χ2n) is 10.1. The first-order valence-electron chi connectivity index (χ1n) is 12.6. The maximum atomic E-state index is 13.5. The highest BCUT2D eigenvalue weighted by Gasteiger charge is 2.39. The molecule has 3 rings (SSSR count). The van der Waals surface area contributed by atoms with Gasteiger partial charge in [0.15, 0.2) is 0 Å². The third kappa shape index (κ3) is 7.19. The summed E-state index contributed by atoms with van der Waals surface area (Å²) in [6, 6.07) is 6.95. The van der Waals surface area contributed by atoms with Gasteiger partial charge in [-0.2, -0.15) is 0 Å². The van der Waals surface area contributed by atoms with Crippen molar-refractivity contribution in [3.63, 3.8) is 0 Å². The number of nitrogens with one attached hydrogen (secondary N) is 1. The third-order valence-corrected chi connectivity index (χ3v) is 7.07. The Hall–Kier alpha value is -2.12. The monoisotopic (exact) mass is 490 g/mol. The van der Waals surface area contributed by atoms with Gasteiger partial charge in [-0.3, -0.25) is 14.4 Å². The van der Waals surface area contributed by atoms with Crippen LogP contribution in [0.1, 0.15) is 64.4 Å². The second-order valence-corrected chi connectivity index (χ2v) is 10.5. The highest BCUT2D eigenvalue weighted by atomic mass is 35.5. The molecule has 1 saturated heterocycles. The van der Waals surface area contributed by atoms with E-state index in [-0.39, 0.29) is 42.8 Å². The van der Waals surface area contributed by atoms with Crippen LogP contribution in [-0.4, -0.2) is 65.3 Å². The SMILES string of the molecule is CC(C)CC(=O)N(C1CCCC1)C1CCN(C(=O)C(Cc2ccc(Cl)cc2)NC(=O)CCN)C1. The Labute approximate surface area is 208 Å². The van der Waals surface area contributed by atoms with Crippen molar-refractivity contribution in [2.75, 3.05) is 19.6 Å². The van der Waals surface area contributed by atoms with Crippen molar-refractivity contribution < 1.29 is 14.4 Å². The number of nitrogens with two attached hydrogens (primary N) is 1. The molecule has 0 radical (unpaired) electrons. The fraction of sp³-hybridized carbons (Fsp3) is 0.654. The first-order chi connectivity index (χ1) is 16.3. The van der Waals surface area contributed by atoms with Gasteiger partial charge in [-0.1, -0.05) is 50.4 Å². The van der Waals surface area contributed by atoms with E-state index in [1.165, 1.54) is 0 Å². The molecule has 8 heteroatoms. The van der Waals surface area contributed by atoms with E-state index in [0.717, 1.165) is 37.7 Å². The molecule has 2 fully saturated rings. The van der Waals surface area contributed by atoms with Gasteiger partial charge in [-0.05, 0) is 42.9 Å². The van der Waals surface area contributed by atoms with Gasteiger partial charge in [0.2, 0.25) is 17.7 Å². The number of amides is 3. The summed E-state index contributed by atoms with van der Waals surface area (Å²) in [7, 11) is 0. The third-order valence-electron chi connectivity index (χ3n) is 6.82. The van der Waals surface area contributed by atoms with Crippen LogP contribution in [0.25, 0.3) is 0 Å². The van der Waals surface area contributed by atoms with Crippen molar-refractivity contribution in [2.24, 2.45) is 11.7 Å². The van der Waals surface area contributed by atoms with Crippen LogP contribution in [0.15, 0.2) is 24.3 Å². The molecule has 3 N–H and O–H groups in total. The number of hydrogen-bond acceptors (Lipinski definition) is 4. The molecule has 3 amide bonds. The number of nitrogens with zero attached hydrogens (tertiary/aromatic N) is 2. The van der Waals surface area contributed by atoms with Crippen molar-refractivity contribution in [3.05, 3.63) is 34.9 Å². The summed E-state index contributed by atoms with van der Waals surface area (Å²) in [5.41, 5.74) is 6.46. The molecule has 1 aliphatic heterocycles. The molecule has 2 aliphatic rings. The number of halogens is 1. The van der Waals surface area contributed by atoms with Crippen molar-refractivity contribution >= 4 is 29.3 Å². The lowest BCUT2D eigenvalue weighted by Gasteiger charge is -2.35. The van der Waals surface area contributed by atoms with Crippen LogP contribution in [0.4, 0.5) is 0 Å². The first kappa shape index (κ1) is 26.5. The summed E-state index contributed by atoms with van der Waals surface area (Å²) in [6.07, 6.45) is 6.26. The van der Waals surface area contributed by atoms with Crippen LogP contribution >= 0.6 is 11.6 Å². The standard InChI is InChI=1S/C26H39ClN4O3/c1-18(2)15-25(33)31(21-5-3-4-6-21)22-12-14-30(17-22)26(34)23(29-24(32)11-13-28)16-19-7-9-20(27)10-8-19/h7-10,18,21-23H,3-6,11-17,28H2,1-2H3,(H,29,32). The lowest BCUT2D eigenvalue weighted by Crippen LogP contribution is -2.51. The molecule has 0 bridgehead atoms. The van der Waals surface area contributed by atoms with E-state index in [1.807, 2.05) is 17.0 Å². The molecule has 2 atom stereocenters. The summed E-state index contributed by atoms with van der Waals surface area (Å²) in [5.74, 6) is 0.169. The van der Waals surface area contributed by atoms with Crippen molar-refractivity contribution in [1.82, 2.24) is 15.1 Å². The molecule has 7 nitrogen and oxygen atoms in total. The summed E-state index contributed by atoms with van der Waals surface area (Å²) < 4.78 is 0. The van der Waals surface area contributed by atoms with E-state index >= 15 is 0 Å². The van der Waals surface area contributed by atoms with E-state index in [9.17, 15) is 14.4 Å². The van der Waals surface area contributed by atoms with Gasteiger partial charge in [0.25, 0.3) is 0 Å². The minimum absolute atomic E-state index is 0.0363. The maximum absolute atomic E-state index is 13.5. The Morgan fingerprint density at radius 2 is 1.79 bits per heavy atom. The quantitative estimate of drug-likeness (QED) is 0.526. The Kier molecular flexibility index (Phi) is 9.77. The number of carbonyl (C=O) groups excluding carboxylic acids is 3. The van der Waals surface area contributed by atoms with Gasteiger partial charge in [-0.25, -0.2) is 0 Å². The van der Waals surface area contributed by atoms with Gasteiger partial charge >= 0.3 is 0 Å². The summed E-state index contributed by atoms with van der Waals surface area (Å²) >= 11 is 6.01. The highest BCUT2D eigenvalue weighted by Crippen LogP contribution is 2.30. The number of carbonyl (C=O) groups is 3. The smallest absolute Gasteiger partial charge is 0.245 e. The van der Waals surface area contributed by atoms with E-state index in [1.54, 1.807) is 12.1 Å². The molecule has 34 heavy (non-hydrogen) atoms. The van der Waals surface area contributed by atoms with Crippen molar-refractivity contribution in [2.45, 2.75) is 83.3 Å². The van der Waals surface area contributed by atoms with Gasteiger partial charge < -0.3 is 20.9 Å². The predicted molar refractivity (Wildman–Crippen MR) is 134 cm³/mol. The van der Waals surface area contributed by atoms with Crippen LogP contribution in [0.5, 0.6) is 0 Å². The van der Waals surface area contributed by atoms with E-state index in [2.05, 4.69) is 24.1 Å². The van der Waals surface area contributed by atoms with Crippen molar-refractivity contribution in [1.29, 1.82) is 0 Å². The van der Waals surface area contributed by atoms with Crippen LogP contribution in [0.2, 0.25) is 5.02 Å². The number of likely N-dealkylation sites (tertiary alicyclic amines) is 1. The van der Waals surface area contributed by atoms with E-state index in [0.29, 0.717) is 36.9 Å².